The summed E-state index contributed by atoms with van der Waals surface area (Å²) in [5, 5.41) is 3.21. The van der Waals surface area contributed by atoms with Gasteiger partial charge in [0.05, 0.1) is 11.4 Å². The number of thiazole rings is 1. The van der Waals surface area contributed by atoms with Crippen molar-refractivity contribution in [1.82, 2.24) is 4.57 Å². The van der Waals surface area contributed by atoms with E-state index >= 15 is 0 Å². The minimum absolute atomic E-state index is 0.0292. The highest BCUT2D eigenvalue weighted by Crippen LogP contribution is 2.52. The number of anilines is 1. The third-order valence-corrected chi connectivity index (χ3v) is 10.9. The number of ketones is 1. The molecule has 1 unspecified atom stereocenters. The van der Waals surface area contributed by atoms with Crippen molar-refractivity contribution in [3.8, 4) is 0 Å². The van der Waals surface area contributed by atoms with E-state index in [0.717, 1.165) is 56.1 Å². The Bertz CT molecular complexity index is 1830. The summed E-state index contributed by atoms with van der Waals surface area (Å²) in [5.41, 5.74) is 9.99. The zero-order chi connectivity index (χ0) is 28.7. The van der Waals surface area contributed by atoms with Crippen LogP contribution in [0.1, 0.15) is 75.2 Å². The van der Waals surface area contributed by atoms with E-state index in [2.05, 4.69) is 55.1 Å². The Morgan fingerprint density at radius 2 is 1.68 bits per heavy atom. The maximum atomic E-state index is 14.1. The third kappa shape index (κ3) is 4.88. The number of carbonyl (C=O) groups is 1. The van der Waals surface area contributed by atoms with Crippen LogP contribution in [0.15, 0.2) is 70.4 Å². The summed E-state index contributed by atoms with van der Waals surface area (Å²) in [6.07, 6.45) is 7.21. The largest absolute Gasteiger partial charge is 0.315 e. The van der Waals surface area contributed by atoms with Gasteiger partial charge >= 0.3 is 0 Å². The summed E-state index contributed by atoms with van der Waals surface area (Å²) < 4.78 is 3.21. The van der Waals surface area contributed by atoms with Crippen LogP contribution in [0.2, 0.25) is 0 Å². The van der Waals surface area contributed by atoms with Crippen LogP contribution < -0.4 is 25.4 Å². The predicted molar refractivity (Wildman–Crippen MR) is 173 cm³/mol. The Labute approximate surface area is 249 Å². The first-order chi connectivity index (χ1) is 19.9. The Morgan fingerprint density at radius 3 is 2.46 bits per heavy atom. The first kappa shape index (κ1) is 28.0. The Kier molecular flexibility index (Phi) is 7.70. The molecule has 0 saturated heterocycles. The maximum absolute atomic E-state index is 14.1. The quantitative estimate of drug-likeness (QED) is 0.244. The van der Waals surface area contributed by atoms with Gasteiger partial charge in [0, 0.05) is 29.0 Å². The molecule has 1 atom stereocenters. The lowest BCUT2D eigenvalue weighted by Crippen LogP contribution is -2.53. The van der Waals surface area contributed by atoms with E-state index in [1.807, 2.05) is 31.2 Å². The fourth-order valence-corrected chi connectivity index (χ4v) is 8.94. The molecule has 2 N–H and O–H groups in total. The number of thioether (sulfide) groups is 1. The van der Waals surface area contributed by atoms with Gasteiger partial charge < -0.3 is 10.6 Å². The molecule has 2 heterocycles. The van der Waals surface area contributed by atoms with Gasteiger partial charge in [0.2, 0.25) is 0 Å². The van der Waals surface area contributed by atoms with Crippen LogP contribution in [0.25, 0.3) is 21.4 Å². The molecule has 4 aromatic rings. The van der Waals surface area contributed by atoms with Crippen molar-refractivity contribution in [3.63, 3.8) is 0 Å². The molecule has 0 radical (unpaired) electrons. The molecule has 2 aliphatic rings. The summed E-state index contributed by atoms with van der Waals surface area (Å²) in [6, 6.07) is 20.5. The van der Waals surface area contributed by atoms with Crippen LogP contribution >= 0.6 is 23.1 Å². The number of unbranched alkanes of at least 4 members (excludes halogenated alkanes) is 4. The van der Waals surface area contributed by atoms with Crippen LogP contribution in [0.5, 0.6) is 0 Å². The van der Waals surface area contributed by atoms with Gasteiger partial charge in [0.15, 0.2) is 5.78 Å². The standard InChI is InChI=1S/C34H37N3O2S2/c1-4-6-7-8-13-20-34(3,35)37-27-19-18-22-14-9-12-17-25(22)29(27)40-33(37)30-31(39)36(5-2)32(41-30)26-21-23-15-10-11-16-24(23)28(26)38/h9-12,14-19H,4-8,13,20-21,35H2,1-3H3/b32-26+,33-30-. The molecule has 0 spiro atoms. The zero-order valence-electron chi connectivity index (χ0n) is 24.0. The second-order valence-corrected chi connectivity index (χ2v) is 13.3. The van der Waals surface area contributed by atoms with Crippen molar-refractivity contribution in [1.29, 1.82) is 0 Å². The average molecular weight is 584 g/mol. The van der Waals surface area contributed by atoms with Gasteiger partial charge in [-0.1, -0.05) is 99.0 Å². The van der Waals surface area contributed by atoms with E-state index in [4.69, 9.17) is 5.73 Å². The number of hydrogen-bond donors (Lipinski definition) is 1. The number of carbonyl (C=O) groups excluding carboxylic acids is 1. The van der Waals surface area contributed by atoms with Crippen molar-refractivity contribution >= 4 is 55.9 Å². The highest BCUT2D eigenvalue weighted by atomic mass is 32.2. The van der Waals surface area contributed by atoms with Crippen molar-refractivity contribution in [3.05, 3.63) is 91.3 Å². The van der Waals surface area contributed by atoms with E-state index in [9.17, 15) is 9.59 Å². The molecule has 1 aliphatic heterocycles. The van der Waals surface area contributed by atoms with Crippen molar-refractivity contribution in [2.75, 3.05) is 4.90 Å². The summed E-state index contributed by atoms with van der Waals surface area (Å²) in [5.74, 6) is 0.0292. The summed E-state index contributed by atoms with van der Waals surface area (Å²) in [4.78, 5) is 30.9. The van der Waals surface area contributed by atoms with E-state index in [1.165, 1.54) is 36.0 Å². The molecule has 7 heteroatoms. The summed E-state index contributed by atoms with van der Waals surface area (Å²) in [7, 11) is 0. The molecule has 5 nitrogen and oxygen atoms in total. The average Bonchev–Trinajstić information content (AvgIpc) is 3.64. The second-order valence-electron chi connectivity index (χ2n) is 11.3. The molecule has 3 aromatic carbocycles. The van der Waals surface area contributed by atoms with Gasteiger partial charge in [-0.05, 0) is 49.1 Å². The van der Waals surface area contributed by atoms with Crippen molar-refractivity contribution in [2.45, 2.75) is 82.8 Å². The third-order valence-electron chi connectivity index (χ3n) is 8.35. The van der Waals surface area contributed by atoms with Gasteiger partial charge in [-0.3, -0.25) is 14.2 Å². The minimum Gasteiger partial charge on any atom is -0.315 e. The first-order valence-electron chi connectivity index (χ1n) is 14.7. The molecule has 0 bridgehead atoms. The molecule has 1 aliphatic carbocycles. The van der Waals surface area contributed by atoms with Crippen LogP contribution in [0.3, 0.4) is 0 Å². The molecular formula is C34H37N3O2S2. The SMILES string of the molecule is CCCCCCCC(C)(N)N1/C(=c2/s/c(=C3\Cc4ccccc4C3=O)n(CC)c2=O)Sc2c1ccc1ccccc21. The molecule has 1 aromatic heterocycles. The number of hydrogen-bond acceptors (Lipinski definition) is 6. The van der Waals surface area contributed by atoms with Gasteiger partial charge in [0.1, 0.15) is 14.2 Å². The Hall–Kier alpha value is -3.13. The maximum Gasteiger partial charge on any atom is 0.271 e. The van der Waals surface area contributed by atoms with E-state index in [0.29, 0.717) is 23.1 Å². The molecule has 0 amide bonds. The predicted octanol–water partition coefficient (Wildman–Crippen LogP) is 6.39. The van der Waals surface area contributed by atoms with E-state index < -0.39 is 5.66 Å². The monoisotopic (exact) mass is 583 g/mol. The Balaban J connectivity index is 1.55. The lowest BCUT2D eigenvalue weighted by Gasteiger charge is -2.37. The van der Waals surface area contributed by atoms with Crippen molar-refractivity contribution in [2.24, 2.45) is 5.73 Å². The summed E-state index contributed by atoms with van der Waals surface area (Å²) in [6.45, 7) is 6.80. The number of nitrogens with two attached hydrogens (primary N) is 1. The smallest absolute Gasteiger partial charge is 0.271 e. The van der Waals surface area contributed by atoms with Gasteiger partial charge in [-0.25, -0.2) is 0 Å². The molecule has 6 rings (SSSR count). The zero-order valence-corrected chi connectivity index (χ0v) is 25.7. The summed E-state index contributed by atoms with van der Waals surface area (Å²) >= 11 is 3.09. The number of aromatic nitrogens is 1. The molecule has 0 saturated carbocycles. The number of Topliss-reactive ketones (excluding diaryl/α,β-unsaturated/α-hetero) is 1. The highest BCUT2D eigenvalue weighted by molar-refractivity contribution is 8.09. The van der Waals surface area contributed by atoms with Gasteiger partial charge in [0.25, 0.3) is 5.56 Å². The van der Waals surface area contributed by atoms with Gasteiger partial charge in [-0.15, -0.1) is 11.3 Å². The number of fused-ring (bicyclic) bond motifs is 4. The molecular weight excluding hydrogens is 547 g/mol. The van der Waals surface area contributed by atoms with E-state index in [1.54, 1.807) is 16.3 Å². The molecule has 41 heavy (non-hydrogen) atoms. The van der Waals surface area contributed by atoms with Crippen LogP contribution in [-0.2, 0) is 13.0 Å². The fraction of sp³-hybridized carbons (Fsp3) is 0.353. The van der Waals surface area contributed by atoms with Crippen LogP contribution in [-0.4, -0.2) is 16.0 Å². The number of benzene rings is 3. The first-order valence-corrected chi connectivity index (χ1v) is 16.4. The lowest BCUT2D eigenvalue weighted by molar-refractivity contribution is 0.105. The van der Waals surface area contributed by atoms with E-state index in [-0.39, 0.29) is 11.3 Å². The lowest BCUT2D eigenvalue weighted by atomic mass is 10.00. The fourth-order valence-electron chi connectivity index (χ4n) is 6.18. The normalized spacial score (nSPS) is 18.6. The van der Waals surface area contributed by atoms with Crippen LogP contribution in [0, 0.1) is 0 Å². The highest BCUT2D eigenvalue weighted by Gasteiger charge is 2.39. The van der Waals surface area contributed by atoms with Crippen LogP contribution in [0.4, 0.5) is 5.69 Å². The number of rotatable bonds is 8. The Morgan fingerprint density at radius 1 is 0.927 bits per heavy atom. The number of nitrogens with zero attached hydrogens (tertiary/aromatic N) is 2. The van der Waals surface area contributed by atoms with Gasteiger partial charge in [-0.2, -0.15) is 0 Å². The van der Waals surface area contributed by atoms with Crippen molar-refractivity contribution < 1.29 is 4.79 Å². The minimum atomic E-state index is -0.678. The topological polar surface area (TPSA) is 68.3 Å². The molecule has 0 fully saturated rings. The second kappa shape index (κ2) is 11.3. The molecule has 212 valence electrons.